The van der Waals surface area contributed by atoms with Crippen LogP contribution in [0.3, 0.4) is 0 Å². The van der Waals surface area contributed by atoms with Gasteiger partial charge in [0.05, 0.1) is 11.9 Å². The number of sulfonamides is 1. The average molecular weight is 378 g/mol. The van der Waals surface area contributed by atoms with Gasteiger partial charge < -0.3 is 5.32 Å². The summed E-state index contributed by atoms with van der Waals surface area (Å²) in [7, 11) is -3.56. The predicted molar refractivity (Wildman–Crippen MR) is 104 cm³/mol. The molecule has 0 unspecified atom stereocenters. The van der Waals surface area contributed by atoms with Crippen LogP contribution in [0.4, 0.5) is 11.5 Å². The molecule has 7 heteroatoms. The Hall–Kier alpha value is -1.86. The first-order chi connectivity index (χ1) is 12.0. The molecule has 2 aromatic heterocycles. The van der Waals surface area contributed by atoms with Gasteiger partial charge in [0.25, 0.3) is 10.0 Å². The molecule has 0 bridgehead atoms. The molecule has 3 rings (SSSR count). The lowest BCUT2D eigenvalue weighted by Gasteiger charge is -2.13. The van der Waals surface area contributed by atoms with Crippen molar-refractivity contribution in [3.05, 3.63) is 47.0 Å². The third kappa shape index (κ3) is 5.06. The molecule has 2 heterocycles. The van der Waals surface area contributed by atoms with Crippen LogP contribution in [0.2, 0.25) is 0 Å². The zero-order chi connectivity index (χ0) is 17.7. The van der Waals surface area contributed by atoms with Crippen molar-refractivity contribution in [3.8, 4) is 0 Å². The molecule has 5 nitrogen and oxygen atoms in total. The maximum atomic E-state index is 12.3. The molecule has 0 saturated heterocycles. The molecule has 0 aromatic carbocycles. The second kappa shape index (κ2) is 8.01. The zero-order valence-corrected chi connectivity index (χ0v) is 15.9. The number of aromatic nitrogens is 1. The van der Waals surface area contributed by atoms with Crippen LogP contribution in [0.25, 0.3) is 0 Å². The Morgan fingerprint density at radius 1 is 1.20 bits per heavy atom. The highest BCUT2D eigenvalue weighted by Gasteiger charge is 2.16. The van der Waals surface area contributed by atoms with Crippen LogP contribution in [0, 0.1) is 6.92 Å². The number of aryl methyl sites for hydroxylation is 1. The van der Waals surface area contributed by atoms with E-state index < -0.39 is 10.0 Å². The number of nitrogens with zero attached hydrogens (tertiary/aromatic N) is 1. The third-order valence-electron chi connectivity index (χ3n) is 4.14. The highest BCUT2D eigenvalue weighted by Crippen LogP contribution is 2.23. The largest absolute Gasteiger partial charge is 0.383 e. The summed E-state index contributed by atoms with van der Waals surface area (Å²) in [5.74, 6) is 0.326. The summed E-state index contributed by atoms with van der Waals surface area (Å²) in [6.07, 6.45) is 10.1. The summed E-state index contributed by atoms with van der Waals surface area (Å²) in [6, 6.07) is 6.93. The van der Waals surface area contributed by atoms with Gasteiger partial charge in [0, 0.05) is 11.4 Å². The van der Waals surface area contributed by atoms with Gasteiger partial charge >= 0.3 is 0 Å². The first-order valence-electron chi connectivity index (χ1n) is 8.50. The van der Waals surface area contributed by atoms with Crippen molar-refractivity contribution >= 4 is 32.9 Å². The fourth-order valence-electron chi connectivity index (χ4n) is 2.80. The normalized spacial score (nSPS) is 14.8. The van der Waals surface area contributed by atoms with Crippen LogP contribution in [0.1, 0.15) is 37.0 Å². The van der Waals surface area contributed by atoms with Crippen molar-refractivity contribution in [2.75, 3.05) is 16.6 Å². The molecule has 0 spiro atoms. The molecule has 134 valence electrons. The number of allylic oxidation sites excluding steroid dienone is 1. The molecule has 0 radical (unpaired) electrons. The Bertz CT molecular complexity index is 839. The van der Waals surface area contributed by atoms with Crippen LogP contribution in [-0.4, -0.2) is 19.9 Å². The summed E-state index contributed by atoms with van der Waals surface area (Å²) in [5.41, 5.74) is 2.42. The molecule has 0 fully saturated rings. The lowest BCUT2D eigenvalue weighted by atomic mass is 9.97. The van der Waals surface area contributed by atoms with Gasteiger partial charge in [0.15, 0.2) is 0 Å². The van der Waals surface area contributed by atoms with Crippen molar-refractivity contribution in [3.63, 3.8) is 0 Å². The highest BCUT2D eigenvalue weighted by molar-refractivity contribution is 7.94. The number of thiophene rings is 1. The van der Waals surface area contributed by atoms with E-state index in [4.69, 9.17) is 0 Å². The van der Waals surface area contributed by atoms with E-state index in [1.807, 2.05) is 13.0 Å². The van der Waals surface area contributed by atoms with E-state index >= 15 is 0 Å². The Morgan fingerprint density at radius 2 is 2.08 bits per heavy atom. The SMILES string of the molecule is Cc1ccc(S(=O)(=O)Nc2ccc(NCCC3=CCCCC3)cn2)s1. The smallest absolute Gasteiger partial charge is 0.272 e. The lowest BCUT2D eigenvalue weighted by molar-refractivity contribution is 0.603. The molecular weight excluding hydrogens is 354 g/mol. The third-order valence-corrected chi connectivity index (χ3v) is 6.99. The van der Waals surface area contributed by atoms with E-state index in [0.717, 1.165) is 23.5 Å². The summed E-state index contributed by atoms with van der Waals surface area (Å²) in [6.45, 7) is 2.75. The first kappa shape index (κ1) is 17.9. The van der Waals surface area contributed by atoms with Gasteiger partial charge in [-0.2, -0.15) is 0 Å². The van der Waals surface area contributed by atoms with Gasteiger partial charge in [0.1, 0.15) is 10.0 Å². The van der Waals surface area contributed by atoms with Crippen molar-refractivity contribution in [1.29, 1.82) is 0 Å². The fraction of sp³-hybridized carbons (Fsp3) is 0.389. The Morgan fingerprint density at radius 3 is 2.72 bits per heavy atom. The van der Waals surface area contributed by atoms with E-state index in [1.54, 1.807) is 24.4 Å². The van der Waals surface area contributed by atoms with E-state index in [2.05, 4.69) is 21.1 Å². The van der Waals surface area contributed by atoms with E-state index in [1.165, 1.54) is 42.6 Å². The standard InChI is InChI=1S/C18H23N3O2S2/c1-14-7-10-18(24-14)25(22,23)21-17-9-8-16(13-20-17)19-12-11-15-5-3-2-4-6-15/h5,7-10,13,19H,2-4,6,11-12H2,1H3,(H,20,21). The first-order valence-corrected chi connectivity index (χ1v) is 10.8. The number of hydrogen-bond acceptors (Lipinski definition) is 5. The molecule has 0 saturated carbocycles. The van der Waals surface area contributed by atoms with Crippen molar-refractivity contribution < 1.29 is 8.42 Å². The van der Waals surface area contributed by atoms with Crippen LogP contribution in [-0.2, 0) is 10.0 Å². The fourth-order valence-corrected chi connectivity index (χ4v) is 5.09. The molecule has 25 heavy (non-hydrogen) atoms. The second-order valence-corrected chi connectivity index (χ2v) is 9.38. The predicted octanol–water partition coefficient (Wildman–Crippen LogP) is 4.55. The maximum Gasteiger partial charge on any atom is 0.272 e. The Kier molecular flexibility index (Phi) is 5.75. The molecule has 0 amide bonds. The number of pyridine rings is 1. The van der Waals surface area contributed by atoms with Gasteiger partial charge in [-0.25, -0.2) is 13.4 Å². The molecule has 1 aliphatic carbocycles. The van der Waals surface area contributed by atoms with Gasteiger partial charge in [0.2, 0.25) is 0 Å². The van der Waals surface area contributed by atoms with Gasteiger partial charge in [-0.3, -0.25) is 4.72 Å². The van der Waals surface area contributed by atoms with Crippen LogP contribution >= 0.6 is 11.3 Å². The van der Waals surface area contributed by atoms with Gasteiger partial charge in [-0.1, -0.05) is 11.6 Å². The van der Waals surface area contributed by atoms with Crippen molar-refractivity contribution in [2.24, 2.45) is 0 Å². The van der Waals surface area contributed by atoms with E-state index in [-0.39, 0.29) is 0 Å². The molecule has 2 aromatic rings. The summed E-state index contributed by atoms with van der Waals surface area (Å²) in [4.78, 5) is 5.16. The van der Waals surface area contributed by atoms with Gasteiger partial charge in [-0.05, 0) is 63.3 Å². The molecule has 1 aliphatic rings. The van der Waals surface area contributed by atoms with E-state index in [0.29, 0.717) is 10.0 Å². The molecule has 0 atom stereocenters. The van der Waals surface area contributed by atoms with Crippen LogP contribution in [0.5, 0.6) is 0 Å². The van der Waals surface area contributed by atoms with Crippen LogP contribution in [0.15, 0.2) is 46.3 Å². The Labute approximate surface area is 153 Å². The minimum absolute atomic E-state index is 0.301. The molecule has 0 aliphatic heterocycles. The lowest BCUT2D eigenvalue weighted by Crippen LogP contribution is -2.12. The number of rotatable bonds is 7. The number of nitrogens with one attached hydrogen (secondary N) is 2. The topological polar surface area (TPSA) is 71.1 Å². The average Bonchev–Trinajstić information content (AvgIpc) is 3.05. The van der Waals surface area contributed by atoms with Crippen molar-refractivity contribution in [2.45, 2.75) is 43.2 Å². The van der Waals surface area contributed by atoms with Crippen LogP contribution < -0.4 is 10.0 Å². The monoisotopic (exact) mass is 377 g/mol. The summed E-state index contributed by atoms with van der Waals surface area (Å²) in [5, 5.41) is 3.34. The second-order valence-electron chi connectivity index (χ2n) is 6.19. The number of anilines is 2. The Balaban J connectivity index is 1.54. The maximum absolute atomic E-state index is 12.3. The molecule has 2 N–H and O–H groups in total. The van der Waals surface area contributed by atoms with E-state index in [9.17, 15) is 8.42 Å². The quantitative estimate of drug-likeness (QED) is 0.694. The summed E-state index contributed by atoms with van der Waals surface area (Å²) < 4.78 is 27.4. The van der Waals surface area contributed by atoms with Gasteiger partial charge in [-0.15, -0.1) is 11.3 Å². The van der Waals surface area contributed by atoms with Crippen molar-refractivity contribution in [1.82, 2.24) is 4.98 Å². The minimum Gasteiger partial charge on any atom is -0.383 e. The molecular formula is C18H23N3O2S2. The minimum atomic E-state index is -3.56. The summed E-state index contributed by atoms with van der Waals surface area (Å²) >= 11 is 1.25. The zero-order valence-electron chi connectivity index (χ0n) is 14.3. The highest BCUT2D eigenvalue weighted by atomic mass is 32.2. The number of hydrogen-bond donors (Lipinski definition) is 2.